The van der Waals surface area contributed by atoms with Crippen molar-refractivity contribution in [3.8, 4) is 0 Å². The summed E-state index contributed by atoms with van der Waals surface area (Å²) < 4.78 is 5.64. The Kier molecular flexibility index (Phi) is 5.86. The number of nitrogens with one attached hydrogen (secondary N) is 1. The van der Waals surface area contributed by atoms with E-state index in [1.165, 1.54) is 6.42 Å². The van der Waals surface area contributed by atoms with Crippen LogP contribution in [0.1, 0.15) is 26.7 Å². The minimum absolute atomic E-state index is 0.382. The summed E-state index contributed by atoms with van der Waals surface area (Å²) >= 11 is 0. The van der Waals surface area contributed by atoms with Crippen LogP contribution in [-0.4, -0.2) is 19.3 Å². The number of hydrogen-bond donors (Lipinski definition) is 1. The van der Waals surface area contributed by atoms with Crippen LogP contribution in [0, 0.1) is 0 Å². The van der Waals surface area contributed by atoms with E-state index in [1.807, 2.05) is 18.2 Å². The molecule has 15 heavy (non-hydrogen) atoms. The van der Waals surface area contributed by atoms with Crippen LogP contribution in [0.4, 0.5) is 5.69 Å². The van der Waals surface area contributed by atoms with Gasteiger partial charge < -0.3 is 10.1 Å². The highest BCUT2D eigenvalue weighted by atomic mass is 16.5. The quantitative estimate of drug-likeness (QED) is 0.693. The van der Waals surface area contributed by atoms with Crippen molar-refractivity contribution in [2.75, 3.05) is 18.5 Å². The van der Waals surface area contributed by atoms with E-state index in [9.17, 15) is 0 Å². The Morgan fingerprint density at radius 1 is 1.27 bits per heavy atom. The van der Waals surface area contributed by atoms with E-state index in [0.29, 0.717) is 6.10 Å². The van der Waals surface area contributed by atoms with Gasteiger partial charge in [0.15, 0.2) is 0 Å². The zero-order chi connectivity index (χ0) is 10.9. The number of benzene rings is 1. The SMILES string of the molecule is CCCC(C)OCCNc1ccccc1. The first-order valence-corrected chi connectivity index (χ1v) is 5.73. The molecule has 1 aromatic rings. The van der Waals surface area contributed by atoms with Crippen molar-refractivity contribution in [1.29, 1.82) is 0 Å². The number of anilines is 1. The predicted molar refractivity (Wildman–Crippen MR) is 65.3 cm³/mol. The second-order valence-electron chi connectivity index (χ2n) is 3.76. The summed E-state index contributed by atoms with van der Waals surface area (Å²) in [4.78, 5) is 0. The van der Waals surface area contributed by atoms with Gasteiger partial charge in [-0.05, 0) is 25.5 Å². The zero-order valence-electron chi connectivity index (χ0n) is 9.70. The minimum Gasteiger partial charge on any atom is -0.383 e. The van der Waals surface area contributed by atoms with E-state index in [1.54, 1.807) is 0 Å². The molecule has 1 unspecified atom stereocenters. The summed E-state index contributed by atoms with van der Waals surface area (Å²) in [6, 6.07) is 10.2. The topological polar surface area (TPSA) is 21.3 Å². The number of hydrogen-bond acceptors (Lipinski definition) is 2. The number of rotatable bonds is 7. The molecule has 0 bridgehead atoms. The third kappa shape index (κ3) is 5.43. The lowest BCUT2D eigenvalue weighted by molar-refractivity contribution is 0.0673. The highest BCUT2D eigenvalue weighted by Crippen LogP contribution is 2.04. The molecule has 0 amide bonds. The van der Waals surface area contributed by atoms with E-state index in [-0.39, 0.29) is 0 Å². The molecule has 84 valence electrons. The van der Waals surface area contributed by atoms with Gasteiger partial charge in [-0.3, -0.25) is 0 Å². The summed E-state index contributed by atoms with van der Waals surface area (Å²) in [5.74, 6) is 0. The van der Waals surface area contributed by atoms with Crippen molar-refractivity contribution in [1.82, 2.24) is 0 Å². The molecule has 1 rings (SSSR count). The van der Waals surface area contributed by atoms with Gasteiger partial charge in [-0.1, -0.05) is 31.5 Å². The normalized spacial score (nSPS) is 12.4. The van der Waals surface area contributed by atoms with Crippen molar-refractivity contribution >= 4 is 5.69 Å². The zero-order valence-corrected chi connectivity index (χ0v) is 9.70. The number of para-hydroxylation sites is 1. The lowest BCUT2D eigenvalue weighted by Gasteiger charge is -2.12. The largest absolute Gasteiger partial charge is 0.383 e. The molecule has 1 atom stereocenters. The third-order valence-electron chi connectivity index (χ3n) is 2.30. The standard InChI is InChI=1S/C13H21NO/c1-3-7-12(2)15-11-10-14-13-8-5-4-6-9-13/h4-6,8-9,12,14H,3,7,10-11H2,1-2H3. The average Bonchev–Trinajstić information content (AvgIpc) is 2.26. The maximum Gasteiger partial charge on any atom is 0.0642 e. The van der Waals surface area contributed by atoms with Gasteiger partial charge in [-0.25, -0.2) is 0 Å². The van der Waals surface area contributed by atoms with Gasteiger partial charge in [-0.15, -0.1) is 0 Å². The van der Waals surface area contributed by atoms with E-state index >= 15 is 0 Å². The van der Waals surface area contributed by atoms with Crippen LogP contribution in [0.5, 0.6) is 0 Å². The van der Waals surface area contributed by atoms with Crippen LogP contribution < -0.4 is 5.32 Å². The Balaban J connectivity index is 2.07. The molecule has 0 spiro atoms. The van der Waals surface area contributed by atoms with Crippen LogP contribution in [-0.2, 0) is 4.74 Å². The monoisotopic (exact) mass is 207 g/mol. The van der Waals surface area contributed by atoms with Crippen LogP contribution in [0.2, 0.25) is 0 Å². The van der Waals surface area contributed by atoms with Gasteiger partial charge in [0, 0.05) is 12.2 Å². The lowest BCUT2D eigenvalue weighted by atomic mass is 10.2. The molecule has 0 aliphatic rings. The number of ether oxygens (including phenoxy) is 1. The second-order valence-corrected chi connectivity index (χ2v) is 3.76. The van der Waals surface area contributed by atoms with Crippen LogP contribution in [0.25, 0.3) is 0 Å². The maximum atomic E-state index is 5.64. The van der Waals surface area contributed by atoms with E-state index in [4.69, 9.17) is 4.74 Å². The summed E-state index contributed by atoms with van der Waals surface area (Å²) in [5.41, 5.74) is 1.16. The summed E-state index contributed by atoms with van der Waals surface area (Å²) in [5, 5.41) is 3.32. The predicted octanol–water partition coefficient (Wildman–Crippen LogP) is 3.30. The van der Waals surface area contributed by atoms with Crippen molar-refractivity contribution in [2.24, 2.45) is 0 Å². The molecular weight excluding hydrogens is 186 g/mol. The molecule has 0 aliphatic heterocycles. The molecule has 0 saturated heterocycles. The molecule has 0 radical (unpaired) electrons. The first-order valence-electron chi connectivity index (χ1n) is 5.73. The molecule has 2 nitrogen and oxygen atoms in total. The summed E-state index contributed by atoms with van der Waals surface area (Å²) in [6.07, 6.45) is 2.71. The van der Waals surface area contributed by atoms with Crippen molar-refractivity contribution in [3.05, 3.63) is 30.3 Å². The Morgan fingerprint density at radius 3 is 2.67 bits per heavy atom. The molecule has 0 saturated carbocycles. The minimum atomic E-state index is 0.382. The average molecular weight is 207 g/mol. The van der Waals surface area contributed by atoms with E-state index < -0.39 is 0 Å². The lowest BCUT2D eigenvalue weighted by Crippen LogP contribution is -2.15. The highest BCUT2D eigenvalue weighted by Gasteiger charge is 1.99. The second kappa shape index (κ2) is 7.30. The van der Waals surface area contributed by atoms with Gasteiger partial charge in [0.1, 0.15) is 0 Å². The van der Waals surface area contributed by atoms with E-state index in [0.717, 1.165) is 25.3 Å². The van der Waals surface area contributed by atoms with Crippen molar-refractivity contribution in [3.63, 3.8) is 0 Å². The van der Waals surface area contributed by atoms with Crippen LogP contribution in [0.3, 0.4) is 0 Å². The van der Waals surface area contributed by atoms with Gasteiger partial charge in [0.05, 0.1) is 12.7 Å². The van der Waals surface area contributed by atoms with Crippen molar-refractivity contribution < 1.29 is 4.74 Å². The fraction of sp³-hybridized carbons (Fsp3) is 0.538. The first kappa shape index (κ1) is 12.1. The van der Waals surface area contributed by atoms with Gasteiger partial charge in [-0.2, -0.15) is 0 Å². The summed E-state index contributed by atoms with van der Waals surface area (Å²) in [7, 11) is 0. The molecule has 0 heterocycles. The molecule has 2 heteroatoms. The Hall–Kier alpha value is -1.02. The van der Waals surface area contributed by atoms with E-state index in [2.05, 4.69) is 31.3 Å². The van der Waals surface area contributed by atoms with Crippen molar-refractivity contribution in [2.45, 2.75) is 32.8 Å². The van der Waals surface area contributed by atoms with Gasteiger partial charge in [0.2, 0.25) is 0 Å². The molecule has 0 aliphatic carbocycles. The summed E-state index contributed by atoms with van der Waals surface area (Å²) in [6.45, 7) is 5.96. The smallest absolute Gasteiger partial charge is 0.0642 e. The molecule has 0 fully saturated rings. The van der Waals surface area contributed by atoms with Gasteiger partial charge >= 0.3 is 0 Å². The molecule has 1 aromatic carbocycles. The van der Waals surface area contributed by atoms with Crippen LogP contribution >= 0.6 is 0 Å². The molecule has 1 N–H and O–H groups in total. The fourth-order valence-corrected chi connectivity index (χ4v) is 1.50. The third-order valence-corrected chi connectivity index (χ3v) is 2.30. The molecular formula is C13H21NO. The highest BCUT2D eigenvalue weighted by molar-refractivity contribution is 5.42. The Bertz CT molecular complexity index is 248. The maximum absolute atomic E-state index is 5.64. The van der Waals surface area contributed by atoms with Gasteiger partial charge in [0.25, 0.3) is 0 Å². The first-order chi connectivity index (χ1) is 7.33. The Labute approximate surface area is 92.6 Å². The fourth-order valence-electron chi connectivity index (χ4n) is 1.50. The van der Waals surface area contributed by atoms with Crippen LogP contribution in [0.15, 0.2) is 30.3 Å². The Morgan fingerprint density at radius 2 is 2.00 bits per heavy atom. The molecule has 0 aromatic heterocycles.